The second-order valence-corrected chi connectivity index (χ2v) is 4.87. The van der Waals surface area contributed by atoms with Crippen LogP contribution in [0.25, 0.3) is 10.9 Å². The van der Waals surface area contributed by atoms with Gasteiger partial charge in [-0.2, -0.15) is 0 Å². The van der Waals surface area contributed by atoms with Crippen LogP contribution in [0.15, 0.2) is 30.5 Å². The molecule has 0 fully saturated rings. The third-order valence-corrected chi connectivity index (χ3v) is 3.31. The Kier molecular flexibility index (Phi) is 5.19. The van der Waals surface area contributed by atoms with Gasteiger partial charge in [-0.05, 0) is 11.6 Å². The number of amides is 2. The Morgan fingerprint density at radius 2 is 2.04 bits per heavy atom. The molecule has 1 heterocycles. The number of carbonyl (C=O) groups excluding carboxylic acids is 2. The number of aliphatic carboxylic acids is 1. The van der Waals surface area contributed by atoms with Crippen molar-refractivity contribution in [2.24, 2.45) is 0 Å². The van der Waals surface area contributed by atoms with Crippen molar-refractivity contribution < 1.29 is 24.2 Å². The number of ether oxygens (including phenoxy) is 1. The molecule has 0 spiro atoms. The van der Waals surface area contributed by atoms with Crippen LogP contribution in [0.4, 0.5) is 4.79 Å². The van der Waals surface area contributed by atoms with Crippen molar-refractivity contribution in [2.75, 3.05) is 13.7 Å². The molecule has 0 bridgehead atoms. The second-order valence-electron chi connectivity index (χ2n) is 4.87. The first-order chi connectivity index (χ1) is 11.0. The van der Waals surface area contributed by atoms with Crippen LogP contribution < -0.4 is 10.6 Å². The highest BCUT2D eigenvalue weighted by molar-refractivity contribution is 5.88. The van der Waals surface area contributed by atoms with Crippen LogP contribution >= 0.6 is 0 Å². The maximum absolute atomic E-state index is 11.7. The van der Waals surface area contributed by atoms with Gasteiger partial charge in [0.25, 0.3) is 0 Å². The molecule has 2 rings (SSSR count). The largest absolute Gasteiger partial charge is 0.480 e. The Bertz CT molecular complexity index is 725. The van der Waals surface area contributed by atoms with Gasteiger partial charge < -0.3 is 25.5 Å². The number of rotatable bonds is 6. The zero-order valence-electron chi connectivity index (χ0n) is 12.5. The SMILES string of the molecule is COC(=O)NCC(=O)NC(Cc1c[nH]c2ccccc12)C(=O)O. The van der Waals surface area contributed by atoms with Crippen molar-refractivity contribution >= 4 is 28.9 Å². The van der Waals surface area contributed by atoms with Gasteiger partial charge in [0.2, 0.25) is 5.91 Å². The molecule has 1 unspecified atom stereocenters. The number of alkyl carbamates (subject to hydrolysis) is 1. The molecule has 1 atom stereocenters. The van der Waals surface area contributed by atoms with E-state index < -0.39 is 24.0 Å². The number of aromatic amines is 1. The Morgan fingerprint density at radius 1 is 1.30 bits per heavy atom. The number of carboxylic acids is 1. The first-order valence-corrected chi connectivity index (χ1v) is 6.90. The van der Waals surface area contributed by atoms with E-state index in [4.69, 9.17) is 0 Å². The highest BCUT2D eigenvalue weighted by Crippen LogP contribution is 2.19. The summed E-state index contributed by atoms with van der Waals surface area (Å²) in [4.78, 5) is 37.0. The van der Waals surface area contributed by atoms with Gasteiger partial charge in [0, 0.05) is 23.5 Å². The standard InChI is InChI=1S/C15H17N3O5/c1-23-15(22)17-8-13(19)18-12(14(20)21)6-9-7-16-11-5-3-2-4-10(9)11/h2-5,7,12,16H,6,8H2,1H3,(H,17,22)(H,18,19)(H,20,21). The predicted octanol–water partition coefficient (Wildman–Crippen LogP) is 0.636. The predicted molar refractivity (Wildman–Crippen MR) is 82.0 cm³/mol. The zero-order chi connectivity index (χ0) is 16.8. The Morgan fingerprint density at radius 3 is 2.74 bits per heavy atom. The molecule has 0 saturated carbocycles. The number of benzene rings is 1. The van der Waals surface area contributed by atoms with Crippen LogP contribution in [-0.2, 0) is 20.7 Å². The first kappa shape index (κ1) is 16.3. The molecule has 8 nitrogen and oxygen atoms in total. The van der Waals surface area contributed by atoms with Gasteiger partial charge in [0.05, 0.1) is 7.11 Å². The molecular formula is C15H17N3O5. The van der Waals surface area contributed by atoms with E-state index in [0.717, 1.165) is 16.5 Å². The van der Waals surface area contributed by atoms with E-state index in [-0.39, 0.29) is 13.0 Å². The van der Waals surface area contributed by atoms with Gasteiger partial charge in [-0.1, -0.05) is 18.2 Å². The van der Waals surface area contributed by atoms with E-state index in [9.17, 15) is 19.5 Å². The Hall–Kier alpha value is -3.03. The number of para-hydroxylation sites is 1. The number of methoxy groups -OCH3 is 1. The lowest BCUT2D eigenvalue weighted by Gasteiger charge is -2.14. The van der Waals surface area contributed by atoms with Crippen molar-refractivity contribution in [3.8, 4) is 0 Å². The van der Waals surface area contributed by atoms with Crippen LogP contribution in [0.1, 0.15) is 5.56 Å². The van der Waals surface area contributed by atoms with Crippen LogP contribution in [-0.4, -0.2) is 47.8 Å². The maximum atomic E-state index is 11.7. The lowest BCUT2D eigenvalue weighted by molar-refractivity contribution is -0.141. The van der Waals surface area contributed by atoms with Gasteiger partial charge in [-0.15, -0.1) is 0 Å². The lowest BCUT2D eigenvalue weighted by Crippen LogP contribution is -2.46. The number of hydrogen-bond donors (Lipinski definition) is 4. The van der Waals surface area contributed by atoms with Crippen molar-refractivity contribution in [1.29, 1.82) is 0 Å². The quantitative estimate of drug-likeness (QED) is 0.622. The molecule has 8 heteroatoms. The summed E-state index contributed by atoms with van der Waals surface area (Å²) < 4.78 is 4.34. The highest BCUT2D eigenvalue weighted by atomic mass is 16.5. The summed E-state index contributed by atoms with van der Waals surface area (Å²) >= 11 is 0. The average molecular weight is 319 g/mol. The van der Waals surface area contributed by atoms with E-state index in [1.165, 1.54) is 7.11 Å². The molecule has 23 heavy (non-hydrogen) atoms. The molecular weight excluding hydrogens is 302 g/mol. The normalized spacial score (nSPS) is 11.7. The number of H-pyrrole nitrogens is 1. The molecule has 4 N–H and O–H groups in total. The summed E-state index contributed by atoms with van der Waals surface area (Å²) in [6.45, 7) is -0.357. The molecule has 2 aromatic rings. The monoisotopic (exact) mass is 319 g/mol. The fourth-order valence-electron chi connectivity index (χ4n) is 2.19. The number of nitrogens with one attached hydrogen (secondary N) is 3. The lowest BCUT2D eigenvalue weighted by atomic mass is 10.1. The van der Waals surface area contributed by atoms with Crippen molar-refractivity contribution in [2.45, 2.75) is 12.5 Å². The molecule has 0 aliphatic carbocycles. The van der Waals surface area contributed by atoms with Gasteiger partial charge >= 0.3 is 12.1 Å². The van der Waals surface area contributed by atoms with Gasteiger partial charge in [0.1, 0.15) is 12.6 Å². The smallest absolute Gasteiger partial charge is 0.407 e. The van der Waals surface area contributed by atoms with E-state index in [1.807, 2.05) is 24.3 Å². The summed E-state index contributed by atoms with van der Waals surface area (Å²) in [7, 11) is 1.17. The minimum Gasteiger partial charge on any atom is -0.480 e. The summed E-state index contributed by atoms with van der Waals surface area (Å²) in [5.74, 6) is -1.76. The molecule has 2 amide bonds. The molecule has 0 saturated heterocycles. The average Bonchev–Trinajstić information content (AvgIpc) is 2.95. The van der Waals surface area contributed by atoms with Crippen LogP contribution in [0.2, 0.25) is 0 Å². The molecule has 0 radical (unpaired) electrons. The number of fused-ring (bicyclic) bond motifs is 1. The van der Waals surface area contributed by atoms with E-state index in [1.54, 1.807) is 6.20 Å². The third-order valence-electron chi connectivity index (χ3n) is 3.31. The topological polar surface area (TPSA) is 121 Å². The van der Waals surface area contributed by atoms with Crippen LogP contribution in [0, 0.1) is 0 Å². The number of hydrogen-bond acceptors (Lipinski definition) is 4. The maximum Gasteiger partial charge on any atom is 0.407 e. The summed E-state index contributed by atoms with van der Waals surface area (Å²) in [5, 5.41) is 14.8. The van der Waals surface area contributed by atoms with Crippen LogP contribution in [0.5, 0.6) is 0 Å². The van der Waals surface area contributed by atoms with Crippen molar-refractivity contribution in [3.05, 3.63) is 36.0 Å². The molecule has 122 valence electrons. The summed E-state index contributed by atoms with van der Waals surface area (Å²) in [6, 6.07) is 6.39. The second kappa shape index (κ2) is 7.30. The van der Waals surface area contributed by atoms with Crippen LogP contribution in [0.3, 0.4) is 0 Å². The number of carboxylic acid groups (broad SMARTS) is 1. The fourth-order valence-corrected chi connectivity index (χ4v) is 2.19. The number of aromatic nitrogens is 1. The minimum atomic E-state index is -1.15. The molecule has 1 aromatic carbocycles. The zero-order valence-corrected chi connectivity index (χ0v) is 12.5. The summed E-state index contributed by atoms with van der Waals surface area (Å²) in [6.07, 6.45) is 1.09. The van der Waals surface area contributed by atoms with E-state index >= 15 is 0 Å². The van der Waals surface area contributed by atoms with Gasteiger partial charge in [0.15, 0.2) is 0 Å². The molecule has 0 aliphatic rings. The highest BCUT2D eigenvalue weighted by Gasteiger charge is 2.22. The third kappa shape index (κ3) is 4.22. The van der Waals surface area contributed by atoms with Gasteiger partial charge in [-0.3, -0.25) is 4.79 Å². The minimum absolute atomic E-state index is 0.128. The van der Waals surface area contributed by atoms with Crippen molar-refractivity contribution in [1.82, 2.24) is 15.6 Å². The Balaban J connectivity index is 2.03. The van der Waals surface area contributed by atoms with Gasteiger partial charge in [-0.25, -0.2) is 9.59 Å². The fraction of sp³-hybridized carbons (Fsp3) is 0.267. The number of carbonyl (C=O) groups is 3. The molecule has 0 aliphatic heterocycles. The summed E-state index contributed by atoms with van der Waals surface area (Å²) in [5.41, 5.74) is 1.68. The Labute approximate surface area is 131 Å². The van der Waals surface area contributed by atoms with E-state index in [2.05, 4.69) is 20.4 Å². The van der Waals surface area contributed by atoms with Crippen molar-refractivity contribution in [3.63, 3.8) is 0 Å². The van der Waals surface area contributed by atoms with E-state index in [0.29, 0.717) is 0 Å². The molecule has 1 aromatic heterocycles. The first-order valence-electron chi connectivity index (χ1n) is 6.90.